The number of benzene rings is 2. The Morgan fingerprint density at radius 3 is 2.68 bits per heavy atom. The number of hydrogen-bond donors (Lipinski definition) is 1. The number of aromatic nitrogens is 1. The molecule has 1 unspecified atom stereocenters. The van der Waals surface area contributed by atoms with Crippen LogP contribution in [0.3, 0.4) is 0 Å². The van der Waals surface area contributed by atoms with E-state index < -0.39 is 5.54 Å². The molecule has 0 radical (unpaired) electrons. The maximum atomic E-state index is 12.9. The highest BCUT2D eigenvalue weighted by molar-refractivity contribution is 7.18. The van der Waals surface area contributed by atoms with Crippen LogP contribution in [0.4, 0.5) is 5.69 Å². The number of thiazole rings is 1. The van der Waals surface area contributed by atoms with Gasteiger partial charge in [0.1, 0.15) is 16.9 Å². The number of para-hydroxylation sites is 1. The molecule has 6 heteroatoms. The molecule has 25 heavy (non-hydrogen) atoms. The third-order valence-electron chi connectivity index (χ3n) is 4.39. The van der Waals surface area contributed by atoms with Crippen LogP contribution in [0.5, 0.6) is 5.75 Å². The summed E-state index contributed by atoms with van der Waals surface area (Å²) in [5, 5.41) is 4.29. The van der Waals surface area contributed by atoms with Crippen molar-refractivity contribution in [2.75, 3.05) is 12.0 Å². The van der Waals surface area contributed by atoms with Gasteiger partial charge < -0.3 is 4.74 Å². The Morgan fingerprint density at radius 2 is 1.96 bits per heavy atom. The molecule has 1 aliphatic rings. The molecule has 0 saturated carbocycles. The van der Waals surface area contributed by atoms with Crippen molar-refractivity contribution in [3.8, 4) is 5.75 Å². The van der Waals surface area contributed by atoms with Gasteiger partial charge in [-0.3, -0.25) is 15.0 Å². The van der Waals surface area contributed by atoms with E-state index in [0.717, 1.165) is 26.7 Å². The van der Waals surface area contributed by atoms with Crippen LogP contribution in [0.25, 0.3) is 10.2 Å². The number of hydrogen-bond acceptors (Lipinski definition) is 5. The van der Waals surface area contributed by atoms with Crippen LogP contribution >= 0.6 is 11.3 Å². The number of nitrogens with one attached hydrogen (secondary N) is 1. The Kier molecular flexibility index (Phi) is 3.74. The van der Waals surface area contributed by atoms with Crippen LogP contribution in [0.15, 0.2) is 48.5 Å². The molecule has 1 atom stereocenters. The first-order valence-corrected chi connectivity index (χ1v) is 8.92. The zero-order chi connectivity index (χ0) is 17.6. The van der Waals surface area contributed by atoms with E-state index in [1.54, 1.807) is 23.3 Å². The van der Waals surface area contributed by atoms with Gasteiger partial charge in [0.05, 0.1) is 22.9 Å². The average molecular weight is 353 g/mol. The summed E-state index contributed by atoms with van der Waals surface area (Å²) >= 11 is 1.58. The first-order chi connectivity index (χ1) is 12.0. The lowest BCUT2D eigenvalue weighted by molar-refractivity contribution is -0.121. The van der Waals surface area contributed by atoms with E-state index in [-0.39, 0.29) is 12.1 Å². The van der Waals surface area contributed by atoms with Crippen molar-refractivity contribution in [2.45, 2.75) is 25.6 Å². The first kappa shape index (κ1) is 16.1. The quantitative estimate of drug-likeness (QED) is 0.780. The summed E-state index contributed by atoms with van der Waals surface area (Å²) in [6.07, 6.45) is -0.284. The van der Waals surface area contributed by atoms with E-state index >= 15 is 0 Å². The van der Waals surface area contributed by atoms with Gasteiger partial charge in [0.15, 0.2) is 0 Å². The molecule has 4 rings (SSSR count). The lowest BCUT2D eigenvalue weighted by atomic mass is 10.1. The minimum atomic E-state index is -0.643. The van der Waals surface area contributed by atoms with Gasteiger partial charge in [-0.25, -0.2) is 4.98 Å². The highest BCUT2D eigenvalue weighted by Gasteiger charge is 2.47. The number of anilines is 1. The van der Waals surface area contributed by atoms with E-state index in [0.29, 0.717) is 0 Å². The van der Waals surface area contributed by atoms with Crippen molar-refractivity contribution < 1.29 is 9.53 Å². The number of ether oxygens (including phenoxy) is 1. The van der Waals surface area contributed by atoms with Gasteiger partial charge in [-0.05, 0) is 44.2 Å². The minimum absolute atomic E-state index is 0.0422. The topological polar surface area (TPSA) is 54.5 Å². The van der Waals surface area contributed by atoms with Gasteiger partial charge in [-0.15, -0.1) is 11.3 Å². The van der Waals surface area contributed by atoms with Crippen LogP contribution in [0.2, 0.25) is 0 Å². The maximum absolute atomic E-state index is 12.9. The molecule has 1 amide bonds. The van der Waals surface area contributed by atoms with Crippen LogP contribution in [0.1, 0.15) is 25.0 Å². The Bertz CT molecular complexity index is 936. The number of amides is 1. The van der Waals surface area contributed by atoms with Crippen molar-refractivity contribution in [1.82, 2.24) is 10.3 Å². The third kappa shape index (κ3) is 2.67. The Balaban J connectivity index is 1.80. The second-order valence-electron chi connectivity index (χ2n) is 6.57. The smallest absolute Gasteiger partial charge is 0.248 e. The molecule has 2 aromatic carbocycles. The number of methoxy groups -OCH3 is 1. The zero-order valence-electron chi connectivity index (χ0n) is 14.3. The Hall–Kier alpha value is -2.44. The lowest BCUT2D eigenvalue weighted by Gasteiger charge is -2.22. The zero-order valence-corrected chi connectivity index (χ0v) is 15.1. The van der Waals surface area contributed by atoms with Crippen LogP contribution in [-0.4, -0.2) is 23.5 Å². The molecule has 3 aromatic rings. The summed E-state index contributed by atoms with van der Waals surface area (Å²) in [4.78, 5) is 19.5. The van der Waals surface area contributed by atoms with Crippen LogP contribution < -0.4 is 15.0 Å². The number of nitrogens with zero attached hydrogens (tertiary/aromatic N) is 2. The highest BCUT2D eigenvalue weighted by atomic mass is 32.1. The number of fused-ring (bicyclic) bond motifs is 1. The van der Waals surface area contributed by atoms with Crippen molar-refractivity contribution >= 4 is 33.1 Å². The van der Waals surface area contributed by atoms with Gasteiger partial charge in [0.25, 0.3) is 0 Å². The molecule has 0 spiro atoms. The van der Waals surface area contributed by atoms with Gasteiger partial charge in [0.2, 0.25) is 5.91 Å². The minimum Gasteiger partial charge on any atom is -0.497 e. The summed E-state index contributed by atoms with van der Waals surface area (Å²) in [6, 6.07) is 15.5. The number of rotatable bonds is 3. The fraction of sp³-hybridized carbons (Fsp3) is 0.263. The Morgan fingerprint density at radius 1 is 1.20 bits per heavy atom. The van der Waals surface area contributed by atoms with Crippen molar-refractivity contribution in [3.63, 3.8) is 0 Å². The van der Waals surface area contributed by atoms with Crippen LogP contribution in [-0.2, 0) is 4.79 Å². The van der Waals surface area contributed by atoms with E-state index in [4.69, 9.17) is 9.72 Å². The molecule has 0 aliphatic carbocycles. The predicted octanol–water partition coefficient (Wildman–Crippen LogP) is 3.72. The average Bonchev–Trinajstić information content (AvgIpc) is 3.14. The van der Waals surface area contributed by atoms with Gasteiger partial charge in [-0.2, -0.15) is 0 Å². The fourth-order valence-electron chi connectivity index (χ4n) is 3.08. The number of carbonyl (C=O) groups excluding carboxylic acids is 1. The molecular formula is C19H19N3O2S. The second kappa shape index (κ2) is 5.82. The molecule has 5 nitrogen and oxygen atoms in total. The monoisotopic (exact) mass is 353 g/mol. The van der Waals surface area contributed by atoms with Crippen molar-refractivity contribution in [1.29, 1.82) is 0 Å². The molecule has 0 bridgehead atoms. The van der Waals surface area contributed by atoms with Crippen molar-refractivity contribution in [3.05, 3.63) is 53.5 Å². The molecule has 2 heterocycles. The summed E-state index contributed by atoms with van der Waals surface area (Å²) < 4.78 is 6.34. The first-order valence-electron chi connectivity index (χ1n) is 8.10. The summed E-state index contributed by atoms with van der Waals surface area (Å²) in [5.74, 6) is 0.846. The number of carbonyl (C=O) groups is 1. The molecule has 1 saturated heterocycles. The third-order valence-corrected chi connectivity index (χ3v) is 5.46. The largest absolute Gasteiger partial charge is 0.497 e. The standard InChI is InChI=1S/C19H19N3O2S/c1-19(2)18(23)22(12-7-5-4-6-8-12)16(21-19)17-20-14-10-9-13(24-3)11-15(14)25-17/h4-11,16,21H,1-3H3. The molecule has 1 aromatic heterocycles. The molecule has 128 valence electrons. The maximum Gasteiger partial charge on any atom is 0.248 e. The summed E-state index contributed by atoms with van der Waals surface area (Å²) in [6.45, 7) is 3.81. The normalized spacial score (nSPS) is 19.6. The van der Waals surface area contributed by atoms with E-state index in [1.807, 2.05) is 62.4 Å². The van der Waals surface area contributed by atoms with E-state index in [2.05, 4.69) is 5.32 Å². The summed E-state index contributed by atoms with van der Waals surface area (Å²) in [7, 11) is 1.65. The van der Waals surface area contributed by atoms with E-state index in [1.165, 1.54) is 0 Å². The summed E-state index contributed by atoms with van der Waals surface area (Å²) in [5.41, 5.74) is 1.14. The lowest BCUT2D eigenvalue weighted by Crippen LogP contribution is -2.40. The second-order valence-corrected chi connectivity index (χ2v) is 7.63. The molecular weight excluding hydrogens is 334 g/mol. The molecule has 1 aliphatic heterocycles. The van der Waals surface area contributed by atoms with Crippen LogP contribution in [0, 0.1) is 0 Å². The van der Waals surface area contributed by atoms with Gasteiger partial charge in [-0.1, -0.05) is 18.2 Å². The molecule has 1 N–H and O–H groups in total. The SMILES string of the molecule is COc1ccc2nc(C3NC(C)(C)C(=O)N3c3ccccc3)sc2c1. The predicted molar refractivity (Wildman–Crippen MR) is 100 cm³/mol. The molecule has 1 fully saturated rings. The van der Waals surface area contributed by atoms with Gasteiger partial charge in [0, 0.05) is 5.69 Å². The Labute approximate surface area is 150 Å². The highest BCUT2D eigenvalue weighted by Crippen LogP contribution is 2.38. The fourth-order valence-corrected chi connectivity index (χ4v) is 4.12. The van der Waals surface area contributed by atoms with E-state index in [9.17, 15) is 4.79 Å². The van der Waals surface area contributed by atoms with Gasteiger partial charge >= 0.3 is 0 Å². The van der Waals surface area contributed by atoms with Crippen molar-refractivity contribution in [2.24, 2.45) is 0 Å².